The first kappa shape index (κ1) is 9.63. The van der Waals surface area contributed by atoms with Crippen LogP contribution in [0.15, 0.2) is 17.8 Å². The molecular weight excluding hydrogens is 222 g/mol. The first-order valence-corrected chi connectivity index (χ1v) is 6.67. The number of sulfonamides is 1. The number of hydrogen-bond acceptors (Lipinski definition) is 4. The van der Waals surface area contributed by atoms with E-state index in [0.29, 0.717) is 5.82 Å². The second-order valence-electron chi connectivity index (χ2n) is 2.88. The van der Waals surface area contributed by atoms with Gasteiger partial charge in [0.15, 0.2) is 0 Å². The van der Waals surface area contributed by atoms with E-state index in [0.717, 1.165) is 11.1 Å². The van der Waals surface area contributed by atoms with E-state index in [-0.39, 0.29) is 6.54 Å². The molecule has 2 rings (SSSR count). The van der Waals surface area contributed by atoms with Crippen molar-refractivity contribution in [3.05, 3.63) is 23.6 Å². The zero-order chi connectivity index (χ0) is 10.2. The lowest BCUT2D eigenvalue weighted by Crippen LogP contribution is -2.22. The molecule has 2 heterocycles. The van der Waals surface area contributed by atoms with E-state index in [1.54, 1.807) is 17.5 Å². The van der Waals surface area contributed by atoms with Crippen molar-refractivity contribution in [1.29, 1.82) is 0 Å². The lowest BCUT2D eigenvalue weighted by Gasteiger charge is -1.99. The summed E-state index contributed by atoms with van der Waals surface area (Å²) in [5, 5.41) is 1.93. The molecule has 0 amide bonds. The smallest absolute Gasteiger partial charge is 0.209 e. The van der Waals surface area contributed by atoms with Crippen LogP contribution in [0.5, 0.6) is 0 Å². The minimum Gasteiger partial charge on any atom is -0.293 e. The van der Waals surface area contributed by atoms with Gasteiger partial charge in [-0.05, 0) is 0 Å². The van der Waals surface area contributed by atoms with Gasteiger partial charge in [0.05, 0.1) is 19.0 Å². The van der Waals surface area contributed by atoms with Gasteiger partial charge in [0.25, 0.3) is 0 Å². The van der Waals surface area contributed by atoms with Crippen molar-refractivity contribution in [3.63, 3.8) is 0 Å². The van der Waals surface area contributed by atoms with Gasteiger partial charge in [-0.1, -0.05) is 0 Å². The number of thiazole rings is 1. The molecule has 0 aromatic carbocycles. The molecule has 2 aromatic rings. The summed E-state index contributed by atoms with van der Waals surface area (Å²) in [6, 6.07) is 0. The first-order valence-electron chi connectivity index (χ1n) is 3.90. The Labute approximate surface area is 85.5 Å². The van der Waals surface area contributed by atoms with Gasteiger partial charge >= 0.3 is 0 Å². The van der Waals surface area contributed by atoms with Gasteiger partial charge < -0.3 is 0 Å². The van der Waals surface area contributed by atoms with Gasteiger partial charge in [0, 0.05) is 11.6 Å². The van der Waals surface area contributed by atoms with E-state index in [1.165, 1.54) is 0 Å². The maximum absolute atomic E-state index is 10.9. The number of imidazole rings is 1. The van der Waals surface area contributed by atoms with E-state index < -0.39 is 10.0 Å². The zero-order valence-corrected chi connectivity index (χ0v) is 9.10. The number of fused-ring (bicyclic) bond motifs is 1. The molecule has 0 radical (unpaired) electrons. The Morgan fingerprint density at radius 1 is 1.64 bits per heavy atom. The van der Waals surface area contributed by atoms with Crippen LogP contribution in [0.1, 0.15) is 5.82 Å². The molecule has 5 nitrogen and oxygen atoms in total. The molecule has 0 saturated carbocycles. The summed E-state index contributed by atoms with van der Waals surface area (Å²) in [6.45, 7) is 0.226. The highest BCUT2D eigenvalue weighted by Crippen LogP contribution is 2.12. The van der Waals surface area contributed by atoms with Crippen LogP contribution in [0.2, 0.25) is 0 Å². The van der Waals surface area contributed by atoms with Crippen LogP contribution in [0.3, 0.4) is 0 Å². The van der Waals surface area contributed by atoms with Gasteiger partial charge in [-0.3, -0.25) is 4.40 Å². The second-order valence-corrected chi connectivity index (χ2v) is 5.64. The standard InChI is InChI=1S/C7H9N3O2S2/c1-14(11,12)9-4-6-8-5-7-10(6)2-3-13-7/h2-3,5,9H,4H2,1H3. The van der Waals surface area contributed by atoms with Crippen LogP contribution < -0.4 is 4.72 Å². The summed E-state index contributed by atoms with van der Waals surface area (Å²) in [5.41, 5.74) is 0. The quantitative estimate of drug-likeness (QED) is 0.834. The lowest BCUT2D eigenvalue weighted by molar-refractivity contribution is 0.585. The fourth-order valence-corrected chi connectivity index (χ4v) is 2.22. The van der Waals surface area contributed by atoms with E-state index >= 15 is 0 Å². The second kappa shape index (κ2) is 3.34. The highest BCUT2D eigenvalue weighted by molar-refractivity contribution is 7.88. The van der Waals surface area contributed by atoms with E-state index in [9.17, 15) is 8.42 Å². The van der Waals surface area contributed by atoms with Crippen molar-refractivity contribution in [3.8, 4) is 0 Å². The fraction of sp³-hybridized carbons (Fsp3) is 0.286. The van der Waals surface area contributed by atoms with Crippen LogP contribution in [0.4, 0.5) is 0 Å². The molecule has 0 fully saturated rings. The molecule has 0 aliphatic carbocycles. The van der Waals surface area contributed by atoms with E-state index in [2.05, 4.69) is 9.71 Å². The number of aromatic nitrogens is 2. The Balaban J connectivity index is 2.24. The Morgan fingerprint density at radius 3 is 3.14 bits per heavy atom. The Hall–Kier alpha value is -0.920. The summed E-state index contributed by atoms with van der Waals surface area (Å²) >= 11 is 1.56. The van der Waals surface area contributed by atoms with Crippen LogP contribution in [-0.2, 0) is 16.6 Å². The summed E-state index contributed by atoms with van der Waals surface area (Å²) < 4.78 is 26.0. The molecule has 76 valence electrons. The zero-order valence-electron chi connectivity index (χ0n) is 7.47. The summed E-state index contributed by atoms with van der Waals surface area (Å²) in [6.07, 6.45) is 4.72. The van der Waals surface area contributed by atoms with Gasteiger partial charge in [0.1, 0.15) is 10.7 Å². The monoisotopic (exact) mass is 231 g/mol. The van der Waals surface area contributed by atoms with E-state index in [4.69, 9.17) is 0 Å². The van der Waals surface area contributed by atoms with Crippen molar-refractivity contribution >= 4 is 26.2 Å². The van der Waals surface area contributed by atoms with Crippen LogP contribution in [0, 0.1) is 0 Å². The Morgan fingerprint density at radius 2 is 2.43 bits per heavy atom. The summed E-state index contributed by atoms with van der Waals surface area (Å²) in [5.74, 6) is 0.701. The predicted molar refractivity (Wildman–Crippen MR) is 54.8 cm³/mol. The van der Waals surface area contributed by atoms with Crippen LogP contribution in [-0.4, -0.2) is 24.1 Å². The predicted octanol–water partition coefficient (Wildman–Crippen LogP) is 0.445. The topological polar surface area (TPSA) is 63.5 Å². The molecule has 0 atom stereocenters. The van der Waals surface area contributed by atoms with Crippen molar-refractivity contribution in [1.82, 2.24) is 14.1 Å². The fourth-order valence-electron chi connectivity index (χ4n) is 1.12. The average Bonchev–Trinajstić information content (AvgIpc) is 2.59. The third kappa shape index (κ3) is 1.94. The number of hydrogen-bond donors (Lipinski definition) is 1. The molecule has 2 aromatic heterocycles. The third-order valence-electron chi connectivity index (χ3n) is 1.73. The highest BCUT2D eigenvalue weighted by Gasteiger charge is 2.06. The maximum Gasteiger partial charge on any atom is 0.209 e. The maximum atomic E-state index is 10.9. The van der Waals surface area contributed by atoms with Gasteiger partial charge in [-0.2, -0.15) is 0 Å². The van der Waals surface area contributed by atoms with E-state index in [1.807, 2.05) is 16.0 Å². The summed E-state index contributed by atoms with van der Waals surface area (Å²) in [4.78, 5) is 5.11. The minimum absolute atomic E-state index is 0.226. The lowest BCUT2D eigenvalue weighted by atomic mass is 10.6. The molecule has 0 spiro atoms. The molecule has 7 heteroatoms. The molecule has 0 aliphatic rings. The molecular formula is C7H9N3O2S2. The van der Waals surface area contributed by atoms with Crippen molar-refractivity contribution < 1.29 is 8.42 Å². The van der Waals surface area contributed by atoms with Crippen LogP contribution in [0.25, 0.3) is 4.83 Å². The van der Waals surface area contributed by atoms with Crippen LogP contribution >= 0.6 is 11.3 Å². The third-order valence-corrected chi connectivity index (χ3v) is 3.20. The van der Waals surface area contributed by atoms with Gasteiger partial charge in [-0.15, -0.1) is 11.3 Å². The Kier molecular flexibility index (Phi) is 2.30. The minimum atomic E-state index is -3.15. The molecule has 0 bridgehead atoms. The molecule has 0 saturated heterocycles. The SMILES string of the molecule is CS(=O)(=O)NCc1ncc2sccn12. The largest absolute Gasteiger partial charge is 0.293 e. The summed E-state index contributed by atoms with van der Waals surface area (Å²) in [7, 11) is -3.15. The van der Waals surface area contributed by atoms with Gasteiger partial charge in [-0.25, -0.2) is 18.1 Å². The average molecular weight is 231 g/mol. The van der Waals surface area contributed by atoms with Gasteiger partial charge in [0.2, 0.25) is 10.0 Å². The number of nitrogens with zero attached hydrogens (tertiary/aromatic N) is 2. The number of nitrogens with one attached hydrogen (secondary N) is 1. The first-order chi connectivity index (χ1) is 6.56. The van der Waals surface area contributed by atoms with Crippen molar-refractivity contribution in [2.45, 2.75) is 6.54 Å². The van der Waals surface area contributed by atoms with Crippen molar-refractivity contribution in [2.75, 3.05) is 6.26 Å². The molecule has 0 aliphatic heterocycles. The highest BCUT2D eigenvalue weighted by atomic mass is 32.2. The number of rotatable bonds is 3. The normalized spacial score (nSPS) is 12.4. The molecule has 14 heavy (non-hydrogen) atoms. The molecule has 1 N–H and O–H groups in total. The Bertz CT molecular complexity index is 540. The molecule has 0 unspecified atom stereocenters. The van der Waals surface area contributed by atoms with Crippen molar-refractivity contribution in [2.24, 2.45) is 0 Å².